The Morgan fingerprint density at radius 3 is 2.05 bits per heavy atom. The highest BCUT2D eigenvalue weighted by molar-refractivity contribution is 6.33. The first kappa shape index (κ1) is 14.5. The minimum absolute atomic E-state index is 0.0331. The third-order valence-corrected chi connectivity index (χ3v) is 3.67. The van der Waals surface area contributed by atoms with Gasteiger partial charge in [-0.1, -0.05) is 29.3 Å². The van der Waals surface area contributed by atoms with Crippen molar-refractivity contribution in [3.8, 4) is 0 Å². The van der Waals surface area contributed by atoms with Gasteiger partial charge >= 0.3 is 0 Å². The summed E-state index contributed by atoms with van der Waals surface area (Å²) in [7, 11) is 0. The van der Waals surface area contributed by atoms with Crippen molar-refractivity contribution in [3.05, 3.63) is 69.0 Å². The maximum absolute atomic E-state index is 13.3. The van der Waals surface area contributed by atoms with Crippen LogP contribution in [0.4, 0.5) is 13.2 Å². The zero-order chi connectivity index (χ0) is 14.2. The largest absolute Gasteiger partial charge is 0.205 e. The van der Waals surface area contributed by atoms with E-state index in [2.05, 4.69) is 0 Å². The third-order valence-electron chi connectivity index (χ3n) is 2.55. The lowest BCUT2D eigenvalue weighted by Crippen LogP contribution is -1.98. The molecule has 0 bridgehead atoms. The maximum Gasteiger partial charge on any atom is 0.160 e. The van der Waals surface area contributed by atoms with Gasteiger partial charge in [-0.25, -0.2) is 13.2 Å². The van der Waals surface area contributed by atoms with Crippen LogP contribution < -0.4 is 0 Å². The van der Waals surface area contributed by atoms with Gasteiger partial charge in [-0.2, -0.15) is 0 Å². The van der Waals surface area contributed by atoms with Gasteiger partial charge in [-0.3, -0.25) is 0 Å². The summed E-state index contributed by atoms with van der Waals surface area (Å²) in [4.78, 5) is 0. The number of rotatable bonds is 2. The minimum atomic E-state index is -1.07. The average molecular weight is 326 g/mol. The van der Waals surface area contributed by atoms with Crippen molar-refractivity contribution >= 4 is 34.8 Å². The SMILES string of the molecule is Fc1cc(Cl)c(C(Cl)c2ccc(Cl)c(F)c2)cc1F. The molecule has 0 spiro atoms. The predicted octanol–water partition coefficient (Wildman–Crippen LogP) is 5.74. The maximum atomic E-state index is 13.3. The third kappa shape index (κ3) is 2.99. The highest BCUT2D eigenvalue weighted by Crippen LogP contribution is 2.35. The molecule has 0 saturated carbocycles. The molecule has 0 aliphatic rings. The smallest absolute Gasteiger partial charge is 0.160 e. The van der Waals surface area contributed by atoms with Gasteiger partial charge in [-0.15, -0.1) is 11.6 Å². The van der Waals surface area contributed by atoms with Crippen LogP contribution in [0.2, 0.25) is 10.0 Å². The molecular formula is C13H6Cl3F3. The first-order chi connectivity index (χ1) is 8.90. The Hall–Kier alpha value is -0.900. The normalized spacial score (nSPS) is 12.5. The number of hydrogen-bond acceptors (Lipinski definition) is 0. The van der Waals surface area contributed by atoms with E-state index in [9.17, 15) is 13.2 Å². The van der Waals surface area contributed by atoms with Gasteiger partial charge in [0.25, 0.3) is 0 Å². The van der Waals surface area contributed by atoms with Gasteiger partial charge in [0.1, 0.15) is 5.82 Å². The summed E-state index contributed by atoms with van der Waals surface area (Å²) in [5.74, 6) is -2.79. The van der Waals surface area contributed by atoms with Crippen LogP contribution in [0.15, 0.2) is 30.3 Å². The summed E-state index contributed by atoms with van der Waals surface area (Å²) < 4.78 is 39.5. The molecular weight excluding hydrogens is 319 g/mol. The quantitative estimate of drug-likeness (QED) is 0.488. The molecule has 0 heterocycles. The first-order valence-electron chi connectivity index (χ1n) is 5.13. The van der Waals surface area contributed by atoms with Gasteiger partial charge in [0.15, 0.2) is 11.6 Å². The monoisotopic (exact) mass is 324 g/mol. The molecule has 0 saturated heterocycles. The highest BCUT2D eigenvalue weighted by Gasteiger charge is 2.18. The fraction of sp³-hybridized carbons (Fsp3) is 0.0769. The van der Waals surface area contributed by atoms with Crippen molar-refractivity contribution in [2.24, 2.45) is 0 Å². The summed E-state index contributed by atoms with van der Waals surface area (Å²) >= 11 is 17.5. The topological polar surface area (TPSA) is 0 Å². The summed E-state index contributed by atoms with van der Waals surface area (Å²) in [6.07, 6.45) is 0. The van der Waals surface area contributed by atoms with Gasteiger partial charge < -0.3 is 0 Å². The number of halogens is 6. The second-order valence-electron chi connectivity index (χ2n) is 3.82. The van der Waals surface area contributed by atoms with Crippen molar-refractivity contribution in [1.29, 1.82) is 0 Å². The van der Waals surface area contributed by atoms with Gasteiger partial charge in [-0.05, 0) is 35.4 Å². The molecule has 0 fully saturated rings. The zero-order valence-corrected chi connectivity index (χ0v) is 11.5. The lowest BCUT2D eigenvalue weighted by Gasteiger charge is -2.13. The molecule has 0 aromatic heterocycles. The lowest BCUT2D eigenvalue weighted by molar-refractivity contribution is 0.507. The Kier molecular flexibility index (Phi) is 4.29. The minimum Gasteiger partial charge on any atom is -0.205 e. The van der Waals surface area contributed by atoms with Crippen molar-refractivity contribution in [2.75, 3.05) is 0 Å². The number of hydrogen-bond donors (Lipinski definition) is 0. The van der Waals surface area contributed by atoms with E-state index in [1.807, 2.05) is 0 Å². The number of benzene rings is 2. The van der Waals surface area contributed by atoms with E-state index in [0.717, 1.165) is 18.2 Å². The highest BCUT2D eigenvalue weighted by atomic mass is 35.5. The molecule has 0 amide bonds. The zero-order valence-electron chi connectivity index (χ0n) is 9.23. The van der Waals surface area contributed by atoms with E-state index in [0.29, 0.717) is 5.56 Å². The molecule has 2 aromatic rings. The van der Waals surface area contributed by atoms with E-state index < -0.39 is 22.8 Å². The molecule has 0 N–H and O–H groups in total. The van der Waals surface area contributed by atoms with E-state index in [-0.39, 0.29) is 15.6 Å². The molecule has 0 aliphatic carbocycles. The Balaban J connectivity index is 2.46. The van der Waals surface area contributed by atoms with Crippen LogP contribution in [0.1, 0.15) is 16.5 Å². The molecule has 2 rings (SSSR count). The van der Waals surface area contributed by atoms with Crippen LogP contribution in [-0.4, -0.2) is 0 Å². The van der Waals surface area contributed by atoms with Crippen molar-refractivity contribution < 1.29 is 13.2 Å². The molecule has 0 radical (unpaired) electrons. The van der Waals surface area contributed by atoms with Crippen LogP contribution in [0.25, 0.3) is 0 Å². The van der Waals surface area contributed by atoms with Gasteiger partial charge in [0.05, 0.1) is 10.4 Å². The fourth-order valence-corrected chi connectivity index (χ4v) is 2.33. The summed E-state index contributed by atoms with van der Waals surface area (Å²) in [5.41, 5.74) is 0.500. The second-order valence-corrected chi connectivity index (χ2v) is 5.07. The Morgan fingerprint density at radius 2 is 1.42 bits per heavy atom. The van der Waals surface area contributed by atoms with E-state index in [1.54, 1.807) is 0 Å². The average Bonchev–Trinajstić information content (AvgIpc) is 2.36. The standard InChI is InChI=1S/C13H6Cl3F3/c14-8-2-1-6(3-10(8)17)13(16)7-4-11(18)12(19)5-9(7)15/h1-5,13H. The van der Waals surface area contributed by atoms with Gasteiger partial charge in [0, 0.05) is 5.02 Å². The second kappa shape index (κ2) is 5.61. The van der Waals surface area contributed by atoms with Gasteiger partial charge in [0.2, 0.25) is 0 Å². The molecule has 2 aromatic carbocycles. The molecule has 100 valence electrons. The molecule has 1 atom stereocenters. The molecule has 19 heavy (non-hydrogen) atoms. The van der Waals surface area contributed by atoms with Crippen LogP contribution in [0.5, 0.6) is 0 Å². The first-order valence-corrected chi connectivity index (χ1v) is 6.33. The predicted molar refractivity (Wildman–Crippen MR) is 70.5 cm³/mol. The van der Waals surface area contributed by atoms with Crippen molar-refractivity contribution in [3.63, 3.8) is 0 Å². The summed E-state index contributed by atoms with van der Waals surface area (Å²) in [6, 6.07) is 5.66. The van der Waals surface area contributed by atoms with Crippen molar-refractivity contribution in [1.82, 2.24) is 0 Å². The van der Waals surface area contributed by atoms with Crippen molar-refractivity contribution in [2.45, 2.75) is 5.38 Å². The summed E-state index contributed by atoms with van der Waals surface area (Å²) in [5, 5.41) is -0.993. The van der Waals surface area contributed by atoms with E-state index in [4.69, 9.17) is 34.8 Å². The Morgan fingerprint density at radius 1 is 0.789 bits per heavy atom. The molecule has 1 unspecified atom stereocenters. The van der Waals surface area contributed by atoms with Crippen LogP contribution in [-0.2, 0) is 0 Å². The summed E-state index contributed by atoms with van der Waals surface area (Å²) in [6.45, 7) is 0. The van der Waals surface area contributed by atoms with Crippen LogP contribution in [0.3, 0.4) is 0 Å². The Labute approximate surface area is 122 Å². The lowest BCUT2D eigenvalue weighted by atomic mass is 10.0. The molecule has 0 aliphatic heterocycles. The molecule has 6 heteroatoms. The van der Waals surface area contributed by atoms with E-state index >= 15 is 0 Å². The van der Waals surface area contributed by atoms with Crippen LogP contribution in [0, 0.1) is 17.5 Å². The van der Waals surface area contributed by atoms with Crippen LogP contribution >= 0.6 is 34.8 Å². The fourth-order valence-electron chi connectivity index (χ4n) is 1.58. The molecule has 0 nitrogen and oxygen atoms in total. The van der Waals surface area contributed by atoms with E-state index in [1.165, 1.54) is 12.1 Å². The number of alkyl halides is 1. The Bertz CT molecular complexity index is 629.